The number of thiophene rings is 1. The number of hydrogen-bond donors (Lipinski definition) is 1. The molecule has 2 heterocycles. The molecule has 0 aliphatic carbocycles. The lowest BCUT2D eigenvalue weighted by Crippen LogP contribution is -2.13. The second kappa shape index (κ2) is 10.4. The summed E-state index contributed by atoms with van der Waals surface area (Å²) in [5, 5.41) is 9.77. The molecule has 0 radical (unpaired) electrons. The molecular formula is C23H29N3O4S2. The van der Waals surface area contributed by atoms with E-state index >= 15 is 0 Å². The number of aromatic nitrogens is 2. The molecule has 2 N–H and O–H groups in total. The molecule has 0 aliphatic heterocycles. The summed E-state index contributed by atoms with van der Waals surface area (Å²) >= 11 is 1.06. The Kier molecular flexibility index (Phi) is 7.86. The van der Waals surface area contributed by atoms with Crippen LogP contribution in [0.2, 0.25) is 0 Å². The van der Waals surface area contributed by atoms with Crippen molar-refractivity contribution in [2.75, 3.05) is 6.61 Å². The Bertz CT molecular complexity index is 1150. The summed E-state index contributed by atoms with van der Waals surface area (Å²) in [6.07, 6.45) is 5.78. The van der Waals surface area contributed by atoms with Gasteiger partial charge in [-0.2, -0.15) is 5.10 Å². The minimum Gasteiger partial charge on any atom is -0.462 e. The second-order valence-corrected chi connectivity index (χ2v) is 11.0. The third kappa shape index (κ3) is 5.85. The fourth-order valence-electron chi connectivity index (χ4n) is 3.39. The maximum Gasteiger partial charge on any atom is 0.339 e. The summed E-state index contributed by atoms with van der Waals surface area (Å²) < 4.78 is 32.2. The number of carbonyl (C=O) groups is 1. The highest BCUT2D eigenvalue weighted by atomic mass is 32.2. The first-order valence-corrected chi connectivity index (χ1v) is 13.0. The lowest BCUT2D eigenvalue weighted by molar-refractivity contribution is 0.0500. The number of unbranched alkanes of at least 4 members (excludes halogenated alkanes) is 1. The molecule has 0 amide bonds. The summed E-state index contributed by atoms with van der Waals surface area (Å²) in [4.78, 5) is 13.8. The van der Waals surface area contributed by atoms with Crippen molar-refractivity contribution in [2.24, 2.45) is 11.1 Å². The number of hydrogen-bond acceptors (Lipinski definition) is 6. The number of rotatable bonds is 10. The topological polar surface area (TPSA) is 104 Å². The molecule has 0 fully saturated rings. The van der Waals surface area contributed by atoms with Crippen molar-refractivity contribution in [3.8, 4) is 11.1 Å². The molecule has 3 aromatic rings. The minimum absolute atomic E-state index is 0.00424. The van der Waals surface area contributed by atoms with Crippen LogP contribution in [0.1, 0.15) is 54.4 Å². The Morgan fingerprint density at radius 3 is 2.53 bits per heavy atom. The average molecular weight is 476 g/mol. The van der Waals surface area contributed by atoms with E-state index in [4.69, 9.17) is 9.88 Å². The molecule has 7 nitrogen and oxygen atoms in total. The van der Waals surface area contributed by atoms with Gasteiger partial charge in [-0.15, -0.1) is 11.3 Å². The molecule has 172 valence electrons. The predicted molar refractivity (Wildman–Crippen MR) is 126 cm³/mol. The van der Waals surface area contributed by atoms with Crippen molar-refractivity contribution in [2.45, 2.75) is 50.8 Å². The molecule has 0 bridgehead atoms. The fraction of sp³-hybridized carbons (Fsp3) is 0.391. The van der Waals surface area contributed by atoms with Crippen LogP contribution in [0.25, 0.3) is 11.1 Å². The Labute approximate surface area is 193 Å². The summed E-state index contributed by atoms with van der Waals surface area (Å²) in [6.45, 7) is 6.93. The molecule has 0 saturated carbocycles. The maximum atomic E-state index is 13.1. The Balaban J connectivity index is 2.08. The van der Waals surface area contributed by atoms with Crippen LogP contribution in [0.4, 0.5) is 0 Å². The molecule has 1 aromatic carbocycles. The number of nitrogens with zero attached hydrogens (tertiary/aromatic N) is 2. The highest BCUT2D eigenvalue weighted by Gasteiger charge is 2.30. The molecule has 32 heavy (non-hydrogen) atoms. The molecular weight excluding hydrogens is 446 g/mol. The Morgan fingerprint density at radius 2 is 1.97 bits per heavy atom. The van der Waals surface area contributed by atoms with Crippen molar-refractivity contribution < 1.29 is 17.9 Å². The molecule has 0 unspecified atom stereocenters. The van der Waals surface area contributed by atoms with E-state index in [0.29, 0.717) is 41.1 Å². The molecule has 2 aromatic heterocycles. The van der Waals surface area contributed by atoms with Gasteiger partial charge in [0, 0.05) is 22.8 Å². The summed E-state index contributed by atoms with van der Waals surface area (Å²) in [6, 6.07) is 9.28. The van der Waals surface area contributed by atoms with Gasteiger partial charge in [0.2, 0.25) is 10.0 Å². The fourth-order valence-corrected chi connectivity index (χ4v) is 5.91. The van der Waals surface area contributed by atoms with E-state index in [0.717, 1.165) is 29.7 Å². The zero-order valence-electron chi connectivity index (χ0n) is 18.6. The SMILES string of the molecule is CCCCOC(=O)c1c(CC(C)C)sc(S(N)(=O)=O)c1-c1ccc(Cn2cccn2)cc1. The van der Waals surface area contributed by atoms with Crippen LogP contribution >= 0.6 is 11.3 Å². The predicted octanol–water partition coefficient (Wildman–Crippen LogP) is 4.46. The van der Waals surface area contributed by atoms with Gasteiger partial charge < -0.3 is 4.74 Å². The summed E-state index contributed by atoms with van der Waals surface area (Å²) in [5.41, 5.74) is 2.26. The van der Waals surface area contributed by atoms with Crippen LogP contribution in [-0.2, 0) is 27.7 Å². The van der Waals surface area contributed by atoms with Gasteiger partial charge in [0.15, 0.2) is 0 Å². The van der Waals surface area contributed by atoms with Crippen molar-refractivity contribution in [1.82, 2.24) is 9.78 Å². The minimum atomic E-state index is -4.03. The van der Waals surface area contributed by atoms with E-state index in [1.165, 1.54) is 0 Å². The van der Waals surface area contributed by atoms with Crippen molar-refractivity contribution >= 4 is 27.3 Å². The molecule has 9 heteroatoms. The van der Waals surface area contributed by atoms with Crippen molar-refractivity contribution in [3.63, 3.8) is 0 Å². The van der Waals surface area contributed by atoms with Crippen LogP contribution in [0.3, 0.4) is 0 Å². The molecule has 0 spiro atoms. The normalized spacial score (nSPS) is 11.8. The summed E-state index contributed by atoms with van der Waals surface area (Å²) in [5.74, 6) is -0.274. The van der Waals surface area contributed by atoms with E-state index in [1.807, 2.05) is 57.3 Å². The molecule has 0 aliphatic rings. The number of nitrogens with two attached hydrogens (primary N) is 1. The number of primary sulfonamides is 1. The van der Waals surface area contributed by atoms with Gasteiger partial charge in [-0.05, 0) is 36.0 Å². The number of carbonyl (C=O) groups excluding carboxylic acids is 1. The number of benzene rings is 1. The average Bonchev–Trinajstić information content (AvgIpc) is 3.36. The summed E-state index contributed by atoms with van der Waals surface area (Å²) in [7, 11) is -4.03. The first-order chi connectivity index (χ1) is 15.2. The van der Waals surface area contributed by atoms with E-state index in [1.54, 1.807) is 10.9 Å². The smallest absolute Gasteiger partial charge is 0.339 e. The standard InChI is InChI=1S/C23H29N3O4S2/c1-4-5-13-30-22(27)21-19(14-16(2)3)31-23(32(24,28)29)20(21)18-9-7-17(8-10-18)15-26-12-6-11-25-26/h6-12,16H,4-5,13-15H2,1-3H3,(H2,24,28,29). The quantitative estimate of drug-likeness (QED) is 0.344. The third-order valence-electron chi connectivity index (χ3n) is 4.88. The highest BCUT2D eigenvalue weighted by molar-refractivity contribution is 7.91. The van der Waals surface area contributed by atoms with Gasteiger partial charge in [-0.3, -0.25) is 4.68 Å². The Morgan fingerprint density at radius 1 is 1.25 bits per heavy atom. The highest BCUT2D eigenvalue weighted by Crippen LogP contribution is 2.41. The zero-order valence-corrected chi connectivity index (χ0v) is 20.2. The van der Waals surface area contributed by atoms with Gasteiger partial charge in [-0.25, -0.2) is 18.4 Å². The van der Waals surface area contributed by atoms with Gasteiger partial charge in [-0.1, -0.05) is 51.5 Å². The number of ether oxygens (including phenoxy) is 1. The van der Waals surface area contributed by atoms with Crippen LogP contribution in [0.15, 0.2) is 46.9 Å². The lowest BCUT2D eigenvalue weighted by Gasteiger charge is -2.11. The zero-order chi connectivity index (χ0) is 23.3. The van der Waals surface area contributed by atoms with E-state index in [-0.39, 0.29) is 10.1 Å². The molecule has 3 rings (SSSR count). The van der Waals surface area contributed by atoms with Crippen molar-refractivity contribution in [3.05, 3.63) is 58.7 Å². The first-order valence-electron chi connectivity index (χ1n) is 10.6. The van der Waals surface area contributed by atoms with Gasteiger partial charge in [0.05, 0.1) is 18.7 Å². The van der Waals surface area contributed by atoms with Crippen LogP contribution in [0, 0.1) is 5.92 Å². The van der Waals surface area contributed by atoms with E-state index < -0.39 is 16.0 Å². The maximum absolute atomic E-state index is 13.1. The van der Waals surface area contributed by atoms with Crippen LogP contribution in [0.5, 0.6) is 0 Å². The van der Waals surface area contributed by atoms with Crippen molar-refractivity contribution in [1.29, 1.82) is 0 Å². The second-order valence-electron chi connectivity index (χ2n) is 8.10. The van der Waals surface area contributed by atoms with E-state index in [9.17, 15) is 13.2 Å². The third-order valence-corrected chi connectivity index (χ3v) is 7.56. The van der Waals surface area contributed by atoms with Gasteiger partial charge in [0.25, 0.3) is 0 Å². The molecule has 0 atom stereocenters. The number of esters is 1. The van der Waals surface area contributed by atoms with Crippen LogP contribution in [-0.4, -0.2) is 30.8 Å². The Hall–Kier alpha value is -2.49. The first kappa shape index (κ1) is 24.2. The number of sulfonamides is 1. The largest absolute Gasteiger partial charge is 0.462 e. The van der Waals surface area contributed by atoms with Gasteiger partial charge >= 0.3 is 5.97 Å². The van der Waals surface area contributed by atoms with Gasteiger partial charge in [0.1, 0.15) is 4.21 Å². The lowest BCUT2D eigenvalue weighted by atomic mass is 9.98. The monoisotopic (exact) mass is 475 g/mol. The van der Waals surface area contributed by atoms with Crippen LogP contribution < -0.4 is 5.14 Å². The van der Waals surface area contributed by atoms with E-state index in [2.05, 4.69) is 5.10 Å². The molecule has 0 saturated heterocycles.